The van der Waals surface area contributed by atoms with Crippen LogP contribution in [0.2, 0.25) is 0 Å². The van der Waals surface area contributed by atoms with Gasteiger partial charge in [-0.2, -0.15) is 5.10 Å². The molecule has 18 heavy (non-hydrogen) atoms. The summed E-state index contributed by atoms with van der Waals surface area (Å²) in [6.07, 6.45) is 2.69. The minimum absolute atomic E-state index is 0.0586. The number of carbonyl (C=O) groups excluding carboxylic acids is 1. The van der Waals surface area contributed by atoms with Gasteiger partial charge in [0.25, 0.3) is 5.91 Å². The Morgan fingerprint density at radius 3 is 2.83 bits per heavy atom. The van der Waals surface area contributed by atoms with Crippen molar-refractivity contribution >= 4 is 5.91 Å². The van der Waals surface area contributed by atoms with Crippen LogP contribution in [0.25, 0.3) is 0 Å². The lowest BCUT2D eigenvalue weighted by molar-refractivity contribution is 0.0757. The second-order valence-electron chi connectivity index (χ2n) is 4.49. The second kappa shape index (κ2) is 7.16. The number of hydrogen-bond acceptors (Lipinski definition) is 3. The molecule has 5 heteroatoms. The highest BCUT2D eigenvalue weighted by Gasteiger charge is 2.12. The maximum Gasteiger partial charge on any atom is 0.254 e. The van der Waals surface area contributed by atoms with E-state index in [-0.39, 0.29) is 12.0 Å². The molecule has 0 saturated carbocycles. The third-order valence-electron chi connectivity index (χ3n) is 2.71. The summed E-state index contributed by atoms with van der Waals surface area (Å²) in [6, 6.07) is 0. The predicted octanol–water partition coefficient (Wildman–Crippen LogP) is 1.76. The van der Waals surface area contributed by atoms with E-state index in [1.54, 1.807) is 6.20 Å². The molecule has 0 fully saturated rings. The normalized spacial score (nSPS) is 10.9. The van der Waals surface area contributed by atoms with E-state index in [0.717, 1.165) is 18.7 Å². The first-order valence-electron chi connectivity index (χ1n) is 6.48. The summed E-state index contributed by atoms with van der Waals surface area (Å²) < 4.78 is 7.22. The SMILES string of the molecule is CCn1ncc(C(=O)NCCCOC(C)C)c1C. The monoisotopic (exact) mass is 253 g/mol. The number of aromatic nitrogens is 2. The highest BCUT2D eigenvalue weighted by Crippen LogP contribution is 2.06. The summed E-state index contributed by atoms with van der Waals surface area (Å²) in [5.41, 5.74) is 1.56. The molecule has 0 aliphatic rings. The van der Waals surface area contributed by atoms with Crippen LogP contribution in [-0.2, 0) is 11.3 Å². The lowest BCUT2D eigenvalue weighted by atomic mass is 10.2. The van der Waals surface area contributed by atoms with Gasteiger partial charge < -0.3 is 10.1 Å². The quantitative estimate of drug-likeness (QED) is 0.753. The lowest BCUT2D eigenvalue weighted by Crippen LogP contribution is -2.26. The molecule has 102 valence electrons. The molecule has 0 saturated heterocycles. The van der Waals surface area contributed by atoms with Crippen LogP contribution in [0.5, 0.6) is 0 Å². The minimum atomic E-state index is -0.0586. The molecule has 0 unspecified atom stereocenters. The number of carbonyl (C=O) groups is 1. The fourth-order valence-corrected chi connectivity index (χ4v) is 1.68. The number of aryl methyl sites for hydroxylation is 1. The molecule has 5 nitrogen and oxygen atoms in total. The van der Waals surface area contributed by atoms with Crippen LogP contribution < -0.4 is 5.32 Å². The highest BCUT2D eigenvalue weighted by molar-refractivity contribution is 5.94. The van der Waals surface area contributed by atoms with Gasteiger partial charge in [-0.15, -0.1) is 0 Å². The van der Waals surface area contributed by atoms with Gasteiger partial charge in [0.1, 0.15) is 0 Å². The zero-order valence-electron chi connectivity index (χ0n) is 11.7. The van der Waals surface area contributed by atoms with Crippen molar-refractivity contribution in [2.45, 2.75) is 46.8 Å². The summed E-state index contributed by atoms with van der Waals surface area (Å²) in [5.74, 6) is -0.0586. The van der Waals surface area contributed by atoms with Crippen molar-refractivity contribution in [2.24, 2.45) is 0 Å². The molecule has 0 aromatic carbocycles. The second-order valence-corrected chi connectivity index (χ2v) is 4.49. The zero-order chi connectivity index (χ0) is 13.5. The van der Waals surface area contributed by atoms with E-state index in [1.165, 1.54) is 0 Å². The zero-order valence-corrected chi connectivity index (χ0v) is 11.7. The molecule has 0 spiro atoms. The van der Waals surface area contributed by atoms with E-state index < -0.39 is 0 Å². The molecule has 1 aromatic heterocycles. The van der Waals surface area contributed by atoms with Crippen molar-refractivity contribution in [1.29, 1.82) is 0 Å². The van der Waals surface area contributed by atoms with Crippen molar-refractivity contribution < 1.29 is 9.53 Å². The maximum atomic E-state index is 11.9. The topological polar surface area (TPSA) is 56.2 Å². The van der Waals surface area contributed by atoms with E-state index in [4.69, 9.17) is 4.74 Å². The third kappa shape index (κ3) is 4.14. The van der Waals surface area contributed by atoms with Gasteiger partial charge in [-0.1, -0.05) is 0 Å². The first-order chi connectivity index (χ1) is 8.56. The maximum absolute atomic E-state index is 11.9. The van der Waals surface area contributed by atoms with Crippen molar-refractivity contribution in [3.05, 3.63) is 17.5 Å². The number of nitrogens with one attached hydrogen (secondary N) is 1. The number of nitrogens with zero attached hydrogens (tertiary/aromatic N) is 2. The van der Waals surface area contributed by atoms with Gasteiger partial charge >= 0.3 is 0 Å². The molecule has 1 rings (SSSR count). The Morgan fingerprint density at radius 1 is 1.56 bits per heavy atom. The average Bonchev–Trinajstić information content (AvgIpc) is 2.69. The van der Waals surface area contributed by atoms with Gasteiger partial charge in [0.15, 0.2) is 0 Å². The average molecular weight is 253 g/mol. The minimum Gasteiger partial charge on any atom is -0.379 e. The summed E-state index contributed by atoms with van der Waals surface area (Å²) >= 11 is 0. The van der Waals surface area contributed by atoms with Crippen LogP contribution in [0, 0.1) is 6.92 Å². The molecule has 0 bridgehead atoms. The van der Waals surface area contributed by atoms with Gasteiger partial charge in [-0.3, -0.25) is 9.48 Å². The first-order valence-corrected chi connectivity index (χ1v) is 6.48. The van der Waals surface area contributed by atoms with Crippen molar-refractivity contribution in [3.8, 4) is 0 Å². The molecule has 0 aliphatic heterocycles. The number of rotatable bonds is 7. The molecule has 0 aliphatic carbocycles. The summed E-state index contributed by atoms with van der Waals surface area (Å²) in [4.78, 5) is 11.9. The van der Waals surface area contributed by atoms with Crippen LogP contribution >= 0.6 is 0 Å². The van der Waals surface area contributed by atoms with Crippen molar-refractivity contribution in [2.75, 3.05) is 13.2 Å². The molecular formula is C13H23N3O2. The number of amides is 1. The molecule has 0 radical (unpaired) electrons. The van der Waals surface area contributed by atoms with Crippen LogP contribution in [0.1, 0.15) is 43.2 Å². The van der Waals surface area contributed by atoms with Gasteiger partial charge in [-0.05, 0) is 34.1 Å². The van der Waals surface area contributed by atoms with Gasteiger partial charge in [0.05, 0.1) is 17.9 Å². The van der Waals surface area contributed by atoms with Gasteiger partial charge in [-0.25, -0.2) is 0 Å². The van der Waals surface area contributed by atoms with Crippen molar-refractivity contribution in [1.82, 2.24) is 15.1 Å². The van der Waals surface area contributed by atoms with Crippen LogP contribution in [0.4, 0.5) is 0 Å². The summed E-state index contributed by atoms with van der Waals surface area (Å²) in [6.45, 7) is 10.00. The summed E-state index contributed by atoms with van der Waals surface area (Å²) in [5, 5.41) is 7.03. The molecule has 1 aromatic rings. The van der Waals surface area contributed by atoms with Gasteiger partial charge in [0.2, 0.25) is 0 Å². The standard InChI is InChI=1S/C13H23N3O2/c1-5-16-11(4)12(9-15-16)13(17)14-7-6-8-18-10(2)3/h9-10H,5-8H2,1-4H3,(H,14,17). The van der Waals surface area contributed by atoms with Crippen LogP contribution in [-0.4, -0.2) is 34.9 Å². The number of ether oxygens (including phenoxy) is 1. The van der Waals surface area contributed by atoms with Gasteiger partial charge in [0, 0.05) is 25.4 Å². The van der Waals surface area contributed by atoms with Crippen molar-refractivity contribution in [3.63, 3.8) is 0 Å². The Morgan fingerprint density at radius 2 is 2.28 bits per heavy atom. The molecule has 1 heterocycles. The Balaban J connectivity index is 2.34. The Bertz CT molecular complexity index is 386. The smallest absolute Gasteiger partial charge is 0.254 e. The van der Waals surface area contributed by atoms with E-state index in [2.05, 4.69) is 10.4 Å². The van der Waals surface area contributed by atoms with E-state index in [1.807, 2.05) is 32.4 Å². The Kier molecular flexibility index (Phi) is 5.85. The summed E-state index contributed by atoms with van der Waals surface area (Å²) in [7, 11) is 0. The molecule has 0 atom stereocenters. The molecule has 1 amide bonds. The van der Waals surface area contributed by atoms with E-state index in [9.17, 15) is 4.79 Å². The number of hydrogen-bond donors (Lipinski definition) is 1. The fraction of sp³-hybridized carbons (Fsp3) is 0.692. The first kappa shape index (κ1) is 14.7. The van der Waals surface area contributed by atoms with E-state index >= 15 is 0 Å². The van der Waals surface area contributed by atoms with Crippen LogP contribution in [0.3, 0.4) is 0 Å². The fourth-order valence-electron chi connectivity index (χ4n) is 1.68. The molecular weight excluding hydrogens is 230 g/mol. The molecule has 1 N–H and O–H groups in total. The third-order valence-corrected chi connectivity index (χ3v) is 2.71. The predicted molar refractivity (Wildman–Crippen MR) is 70.7 cm³/mol. The largest absolute Gasteiger partial charge is 0.379 e. The highest BCUT2D eigenvalue weighted by atomic mass is 16.5. The lowest BCUT2D eigenvalue weighted by Gasteiger charge is -2.08. The van der Waals surface area contributed by atoms with Crippen LogP contribution in [0.15, 0.2) is 6.20 Å². The Hall–Kier alpha value is -1.36. The van der Waals surface area contributed by atoms with E-state index in [0.29, 0.717) is 18.7 Å². The Labute approximate surface area is 109 Å².